The number of rotatable bonds is 5. The lowest BCUT2D eigenvalue weighted by atomic mass is 10.2. The molecule has 1 aromatic heterocycles. The highest BCUT2D eigenvalue weighted by Crippen LogP contribution is 2.28. The fourth-order valence-corrected chi connectivity index (χ4v) is 3.64. The van der Waals surface area contributed by atoms with Gasteiger partial charge in [-0.05, 0) is 59.6 Å². The number of benzene rings is 2. The molecule has 0 unspecified atom stereocenters. The number of hydrogen-bond acceptors (Lipinski definition) is 5. The summed E-state index contributed by atoms with van der Waals surface area (Å²) < 4.78 is 2.74. The van der Waals surface area contributed by atoms with Gasteiger partial charge in [0, 0.05) is 36.9 Å². The molecule has 0 atom stereocenters. The van der Waals surface area contributed by atoms with E-state index in [0.717, 1.165) is 38.5 Å². The zero-order valence-electron chi connectivity index (χ0n) is 16.0. The van der Waals surface area contributed by atoms with E-state index >= 15 is 0 Å². The van der Waals surface area contributed by atoms with Crippen molar-refractivity contribution < 1.29 is 4.92 Å². The Kier molecular flexibility index (Phi) is 5.60. The van der Waals surface area contributed by atoms with Gasteiger partial charge in [-0.1, -0.05) is 6.07 Å². The largest absolute Gasteiger partial charge is 0.377 e. The Morgan fingerprint density at radius 2 is 1.86 bits per heavy atom. The lowest BCUT2D eigenvalue weighted by Crippen LogP contribution is -2.09. The van der Waals surface area contributed by atoms with Crippen LogP contribution in [0.4, 0.5) is 17.1 Å². The fraction of sp³-hybridized carbons (Fsp3) is 0.200. The Labute approximate surface area is 171 Å². The number of non-ortho nitro benzene ring substituents is 1. The van der Waals surface area contributed by atoms with Gasteiger partial charge in [0.1, 0.15) is 5.69 Å². The van der Waals surface area contributed by atoms with Gasteiger partial charge in [0.25, 0.3) is 5.69 Å². The summed E-state index contributed by atoms with van der Waals surface area (Å²) in [7, 11) is 3.99. The maximum Gasteiger partial charge on any atom is 0.269 e. The minimum absolute atomic E-state index is 0.0512. The number of anilines is 1. The van der Waals surface area contributed by atoms with Crippen LogP contribution >= 0.6 is 15.9 Å². The van der Waals surface area contributed by atoms with Crippen molar-refractivity contribution in [3.05, 3.63) is 74.0 Å². The summed E-state index contributed by atoms with van der Waals surface area (Å²) in [5, 5.41) is 15.4. The van der Waals surface area contributed by atoms with E-state index in [9.17, 15) is 10.1 Å². The zero-order chi connectivity index (χ0) is 20.4. The monoisotopic (exact) mass is 441 g/mol. The van der Waals surface area contributed by atoms with Gasteiger partial charge < -0.3 is 4.90 Å². The third-order valence-electron chi connectivity index (χ3n) is 4.35. The summed E-state index contributed by atoms with van der Waals surface area (Å²) in [6.07, 6.45) is 1.81. The van der Waals surface area contributed by atoms with Crippen LogP contribution in [0, 0.1) is 24.0 Å². The third-order valence-corrected chi connectivity index (χ3v) is 4.99. The molecule has 3 rings (SSSR count). The molecule has 1 heterocycles. The number of aromatic nitrogens is 2. The van der Waals surface area contributed by atoms with Gasteiger partial charge in [-0.15, -0.1) is 0 Å². The fourth-order valence-electron chi connectivity index (χ4n) is 2.89. The highest BCUT2D eigenvalue weighted by Gasteiger charge is 2.13. The van der Waals surface area contributed by atoms with Gasteiger partial charge in [0.15, 0.2) is 0 Å². The van der Waals surface area contributed by atoms with Crippen LogP contribution in [0.1, 0.15) is 17.0 Å². The van der Waals surface area contributed by atoms with E-state index in [4.69, 9.17) is 0 Å². The number of halogens is 1. The van der Waals surface area contributed by atoms with Crippen LogP contribution in [0.25, 0.3) is 5.69 Å². The van der Waals surface area contributed by atoms with E-state index in [1.165, 1.54) is 12.1 Å². The number of nitro benzene ring substituents is 1. The molecular formula is C20H20BrN5O2. The Morgan fingerprint density at radius 1 is 1.18 bits per heavy atom. The molecule has 0 aliphatic heterocycles. The van der Waals surface area contributed by atoms with Crippen LogP contribution in [0.2, 0.25) is 0 Å². The van der Waals surface area contributed by atoms with Gasteiger partial charge in [-0.2, -0.15) is 5.10 Å². The Hall–Kier alpha value is -3.00. The van der Waals surface area contributed by atoms with Gasteiger partial charge in [-0.25, -0.2) is 4.68 Å². The maximum atomic E-state index is 10.8. The highest BCUT2D eigenvalue weighted by atomic mass is 79.9. The number of nitro groups is 1. The van der Waals surface area contributed by atoms with Gasteiger partial charge in [0.05, 0.1) is 27.7 Å². The van der Waals surface area contributed by atoms with E-state index < -0.39 is 4.92 Å². The third kappa shape index (κ3) is 3.96. The predicted molar refractivity (Wildman–Crippen MR) is 115 cm³/mol. The lowest BCUT2D eigenvalue weighted by molar-refractivity contribution is -0.384. The maximum absolute atomic E-state index is 10.8. The van der Waals surface area contributed by atoms with E-state index in [1.807, 2.05) is 51.0 Å². The summed E-state index contributed by atoms with van der Waals surface area (Å²) in [6.45, 7) is 3.83. The second-order valence-electron chi connectivity index (χ2n) is 6.57. The van der Waals surface area contributed by atoms with Gasteiger partial charge in [0.2, 0.25) is 0 Å². The van der Waals surface area contributed by atoms with Crippen molar-refractivity contribution in [2.45, 2.75) is 13.8 Å². The molecule has 0 bridgehead atoms. The van der Waals surface area contributed by atoms with Crippen molar-refractivity contribution in [1.82, 2.24) is 9.78 Å². The summed E-state index contributed by atoms with van der Waals surface area (Å²) in [6, 6.07) is 12.4. The van der Waals surface area contributed by atoms with E-state index in [1.54, 1.807) is 23.0 Å². The van der Waals surface area contributed by atoms with Crippen LogP contribution in [-0.4, -0.2) is 35.0 Å². The number of nitrogens with zero attached hydrogens (tertiary/aromatic N) is 5. The summed E-state index contributed by atoms with van der Waals surface area (Å²) in [5.74, 6) is 0. The average Bonchev–Trinajstić information content (AvgIpc) is 2.93. The molecule has 0 saturated heterocycles. The summed E-state index contributed by atoms with van der Waals surface area (Å²) in [5.41, 5.74) is 5.31. The van der Waals surface area contributed by atoms with E-state index in [2.05, 4.69) is 26.0 Å². The lowest BCUT2D eigenvalue weighted by Gasteiger charge is -2.14. The molecule has 0 fully saturated rings. The normalized spacial score (nSPS) is 11.2. The van der Waals surface area contributed by atoms with E-state index in [0.29, 0.717) is 0 Å². The second-order valence-corrected chi connectivity index (χ2v) is 7.42. The predicted octanol–water partition coefficient (Wildman–Crippen LogP) is 4.98. The first-order chi connectivity index (χ1) is 13.3. The summed E-state index contributed by atoms with van der Waals surface area (Å²) >= 11 is 3.59. The van der Waals surface area contributed by atoms with Crippen molar-refractivity contribution in [2.75, 3.05) is 19.0 Å². The Balaban J connectivity index is 1.91. The molecule has 0 radical (unpaired) electrons. The number of hydrogen-bond donors (Lipinski definition) is 0. The molecule has 0 saturated carbocycles. The minimum Gasteiger partial charge on any atom is -0.377 e. The molecule has 2 aromatic carbocycles. The smallest absolute Gasteiger partial charge is 0.269 e. The Morgan fingerprint density at radius 3 is 2.43 bits per heavy atom. The molecule has 28 heavy (non-hydrogen) atoms. The molecule has 3 aromatic rings. The minimum atomic E-state index is -0.416. The van der Waals surface area contributed by atoms with Crippen LogP contribution in [0.5, 0.6) is 0 Å². The first-order valence-corrected chi connectivity index (χ1v) is 9.39. The standard InChI is InChI=1S/C20H20BrN5O2/c1-13-20(22-12-15-5-10-19(24(3)4)18(21)11-15)14(2)25(23-13)16-6-8-17(9-7-16)26(27)28/h5-12H,1-4H3. The molecule has 7 nitrogen and oxygen atoms in total. The highest BCUT2D eigenvalue weighted by molar-refractivity contribution is 9.10. The van der Waals surface area contributed by atoms with E-state index in [-0.39, 0.29) is 5.69 Å². The van der Waals surface area contributed by atoms with Crippen LogP contribution < -0.4 is 4.90 Å². The quantitative estimate of drug-likeness (QED) is 0.317. The molecule has 0 spiro atoms. The zero-order valence-corrected chi connectivity index (χ0v) is 17.6. The number of aryl methyl sites for hydroxylation is 1. The average molecular weight is 442 g/mol. The topological polar surface area (TPSA) is 76.6 Å². The number of aliphatic imine (C=N–C) groups is 1. The van der Waals surface area contributed by atoms with Crippen LogP contribution in [0.3, 0.4) is 0 Å². The van der Waals surface area contributed by atoms with Crippen molar-refractivity contribution in [1.29, 1.82) is 0 Å². The molecule has 8 heteroatoms. The van der Waals surface area contributed by atoms with Crippen LogP contribution in [0.15, 0.2) is 51.9 Å². The van der Waals surface area contributed by atoms with Crippen molar-refractivity contribution in [3.63, 3.8) is 0 Å². The molecule has 0 aliphatic carbocycles. The molecular weight excluding hydrogens is 422 g/mol. The second kappa shape index (κ2) is 7.93. The first-order valence-electron chi connectivity index (χ1n) is 8.60. The molecule has 0 N–H and O–H groups in total. The SMILES string of the molecule is Cc1nn(-c2ccc([N+](=O)[O-])cc2)c(C)c1N=Cc1ccc(N(C)C)c(Br)c1. The first kappa shape index (κ1) is 19.8. The van der Waals surface area contributed by atoms with Gasteiger partial charge in [-0.3, -0.25) is 15.1 Å². The molecule has 0 amide bonds. The van der Waals surface area contributed by atoms with Crippen molar-refractivity contribution in [2.24, 2.45) is 4.99 Å². The molecule has 144 valence electrons. The summed E-state index contributed by atoms with van der Waals surface area (Å²) in [4.78, 5) is 17.1. The van der Waals surface area contributed by atoms with Crippen molar-refractivity contribution in [3.8, 4) is 5.69 Å². The van der Waals surface area contributed by atoms with Gasteiger partial charge >= 0.3 is 0 Å². The Bertz CT molecular complexity index is 1060. The molecule has 0 aliphatic rings. The van der Waals surface area contributed by atoms with Crippen molar-refractivity contribution >= 4 is 39.2 Å². The van der Waals surface area contributed by atoms with Crippen LogP contribution in [-0.2, 0) is 0 Å².